The molecule has 0 amide bonds. The van der Waals surface area contributed by atoms with Gasteiger partial charge in [0.2, 0.25) is 0 Å². The number of rotatable bonds is 3. The Morgan fingerprint density at radius 2 is 1.77 bits per heavy atom. The molecule has 1 aliphatic heterocycles. The van der Waals surface area contributed by atoms with Gasteiger partial charge in [-0.2, -0.15) is 0 Å². The van der Waals surface area contributed by atoms with Crippen molar-refractivity contribution in [2.45, 2.75) is 0 Å². The number of benzene rings is 2. The molecule has 0 radical (unpaired) electrons. The average molecular weight is 335 g/mol. The molecule has 22 heavy (non-hydrogen) atoms. The molecule has 0 N–H and O–H groups in total. The van der Waals surface area contributed by atoms with Crippen LogP contribution in [-0.2, 0) is 0 Å². The number of allylic oxidation sites excluding steroid dienone is 1. The molecule has 1 aliphatic rings. The lowest BCUT2D eigenvalue weighted by Crippen LogP contribution is -2.15. The van der Waals surface area contributed by atoms with E-state index < -0.39 is 0 Å². The third kappa shape index (κ3) is 3.26. The monoisotopic (exact) mass is 334 g/mol. The first-order chi connectivity index (χ1) is 10.6. The Kier molecular flexibility index (Phi) is 4.36. The third-order valence-corrected chi connectivity index (χ3v) is 3.74. The zero-order chi connectivity index (χ0) is 15.5. The predicted molar refractivity (Wildman–Crippen MR) is 87.3 cm³/mol. The van der Waals surface area contributed by atoms with Gasteiger partial charge in [0.25, 0.3) is 0 Å². The molecule has 0 aromatic heterocycles. The SMILES string of the molecule is O=C(/C=C/c1ccc2c(c1)OCCO2)c1ccc(Cl)cc1Cl. The van der Waals surface area contributed by atoms with Gasteiger partial charge in [0.1, 0.15) is 13.2 Å². The van der Waals surface area contributed by atoms with E-state index in [1.807, 2.05) is 18.2 Å². The molecule has 1 heterocycles. The fraction of sp³-hybridized carbons (Fsp3) is 0.118. The van der Waals surface area contributed by atoms with Gasteiger partial charge < -0.3 is 9.47 Å². The lowest BCUT2D eigenvalue weighted by Gasteiger charge is -2.18. The van der Waals surface area contributed by atoms with Crippen LogP contribution in [0.15, 0.2) is 42.5 Å². The topological polar surface area (TPSA) is 35.5 Å². The Hall–Kier alpha value is -1.97. The van der Waals surface area contributed by atoms with Crippen LogP contribution in [0.2, 0.25) is 10.0 Å². The maximum Gasteiger partial charge on any atom is 0.187 e. The van der Waals surface area contributed by atoms with Crippen molar-refractivity contribution in [1.29, 1.82) is 0 Å². The van der Waals surface area contributed by atoms with Crippen molar-refractivity contribution in [2.75, 3.05) is 13.2 Å². The predicted octanol–water partition coefficient (Wildman–Crippen LogP) is 4.66. The van der Waals surface area contributed by atoms with E-state index in [2.05, 4.69) is 0 Å². The maximum atomic E-state index is 12.2. The molecule has 5 heteroatoms. The number of fused-ring (bicyclic) bond motifs is 1. The molecule has 0 saturated heterocycles. The molecule has 0 spiro atoms. The highest BCUT2D eigenvalue weighted by Gasteiger charge is 2.11. The van der Waals surface area contributed by atoms with Crippen molar-refractivity contribution < 1.29 is 14.3 Å². The number of carbonyl (C=O) groups is 1. The number of halogens is 2. The largest absolute Gasteiger partial charge is 0.486 e. The van der Waals surface area contributed by atoms with Crippen molar-refractivity contribution >= 4 is 35.1 Å². The summed E-state index contributed by atoms with van der Waals surface area (Å²) in [5.74, 6) is 1.22. The Morgan fingerprint density at radius 3 is 2.55 bits per heavy atom. The van der Waals surface area contributed by atoms with Crippen LogP contribution < -0.4 is 9.47 Å². The standard InChI is InChI=1S/C17H12Cl2O3/c18-12-3-4-13(14(19)10-12)15(20)5-1-11-2-6-16-17(9-11)22-8-7-21-16/h1-6,9-10H,7-8H2/b5-1+. The highest BCUT2D eigenvalue weighted by molar-refractivity contribution is 6.37. The van der Waals surface area contributed by atoms with E-state index in [-0.39, 0.29) is 5.78 Å². The van der Waals surface area contributed by atoms with Gasteiger partial charge in [-0.05, 0) is 42.0 Å². The molecule has 0 fully saturated rings. The fourth-order valence-electron chi connectivity index (χ4n) is 2.11. The molecular weight excluding hydrogens is 323 g/mol. The first-order valence-electron chi connectivity index (χ1n) is 6.70. The molecule has 0 atom stereocenters. The zero-order valence-electron chi connectivity index (χ0n) is 11.5. The molecule has 0 aliphatic carbocycles. The summed E-state index contributed by atoms with van der Waals surface area (Å²) >= 11 is 11.8. The highest BCUT2D eigenvalue weighted by Crippen LogP contribution is 2.31. The van der Waals surface area contributed by atoms with E-state index in [4.69, 9.17) is 32.7 Å². The van der Waals surface area contributed by atoms with Crippen molar-refractivity contribution in [2.24, 2.45) is 0 Å². The lowest BCUT2D eigenvalue weighted by molar-refractivity contribution is 0.104. The summed E-state index contributed by atoms with van der Waals surface area (Å²) in [7, 11) is 0. The molecule has 3 rings (SSSR count). The summed E-state index contributed by atoms with van der Waals surface area (Å²) in [6.45, 7) is 1.08. The number of hydrogen-bond acceptors (Lipinski definition) is 3. The Balaban J connectivity index is 1.80. The minimum absolute atomic E-state index is 0.184. The summed E-state index contributed by atoms with van der Waals surface area (Å²) in [6.07, 6.45) is 3.19. The first kappa shape index (κ1) is 14.9. The van der Waals surface area contributed by atoms with Gasteiger partial charge in [-0.1, -0.05) is 35.3 Å². The second-order valence-corrected chi connectivity index (χ2v) is 5.57. The number of hydrogen-bond donors (Lipinski definition) is 0. The summed E-state index contributed by atoms with van der Waals surface area (Å²) in [4.78, 5) is 12.2. The van der Waals surface area contributed by atoms with E-state index in [1.165, 1.54) is 6.08 Å². The van der Waals surface area contributed by atoms with E-state index in [0.29, 0.717) is 34.6 Å². The molecular formula is C17H12Cl2O3. The molecule has 0 unspecified atom stereocenters. The Bertz CT molecular complexity index is 754. The van der Waals surface area contributed by atoms with Gasteiger partial charge >= 0.3 is 0 Å². The Labute approximate surface area is 138 Å². The molecule has 2 aromatic rings. The van der Waals surface area contributed by atoms with E-state index >= 15 is 0 Å². The average Bonchev–Trinajstić information content (AvgIpc) is 2.52. The fourth-order valence-corrected chi connectivity index (χ4v) is 2.62. The van der Waals surface area contributed by atoms with Gasteiger partial charge in [-0.15, -0.1) is 0 Å². The van der Waals surface area contributed by atoms with Gasteiger partial charge in [0.05, 0.1) is 5.02 Å². The number of carbonyl (C=O) groups excluding carboxylic acids is 1. The van der Waals surface area contributed by atoms with Crippen molar-refractivity contribution in [1.82, 2.24) is 0 Å². The van der Waals surface area contributed by atoms with E-state index in [9.17, 15) is 4.79 Å². The molecule has 3 nitrogen and oxygen atoms in total. The summed E-state index contributed by atoms with van der Waals surface area (Å²) in [5, 5.41) is 0.835. The van der Waals surface area contributed by atoms with Gasteiger partial charge in [0.15, 0.2) is 17.3 Å². The van der Waals surface area contributed by atoms with Crippen molar-refractivity contribution in [3.63, 3.8) is 0 Å². The van der Waals surface area contributed by atoms with Gasteiger partial charge in [0, 0.05) is 10.6 Å². The zero-order valence-corrected chi connectivity index (χ0v) is 13.0. The van der Waals surface area contributed by atoms with Crippen molar-refractivity contribution in [3.05, 3.63) is 63.6 Å². The van der Waals surface area contributed by atoms with Crippen LogP contribution in [0.4, 0.5) is 0 Å². The Morgan fingerprint density at radius 1 is 1.00 bits per heavy atom. The second-order valence-electron chi connectivity index (χ2n) is 4.72. The first-order valence-corrected chi connectivity index (χ1v) is 7.46. The quantitative estimate of drug-likeness (QED) is 0.604. The van der Waals surface area contributed by atoms with Gasteiger partial charge in [-0.3, -0.25) is 4.79 Å². The molecule has 2 aromatic carbocycles. The van der Waals surface area contributed by atoms with Crippen LogP contribution in [-0.4, -0.2) is 19.0 Å². The lowest BCUT2D eigenvalue weighted by atomic mass is 10.1. The van der Waals surface area contributed by atoms with Crippen LogP contribution in [0.1, 0.15) is 15.9 Å². The van der Waals surface area contributed by atoms with Crippen LogP contribution >= 0.6 is 23.2 Å². The highest BCUT2D eigenvalue weighted by atomic mass is 35.5. The smallest absolute Gasteiger partial charge is 0.187 e. The maximum absolute atomic E-state index is 12.2. The van der Waals surface area contributed by atoms with Crippen LogP contribution in [0.3, 0.4) is 0 Å². The molecule has 0 bridgehead atoms. The van der Waals surface area contributed by atoms with Crippen LogP contribution in [0, 0.1) is 0 Å². The number of ether oxygens (including phenoxy) is 2. The molecule has 0 saturated carbocycles. The minimum atomic E-state index is -0.184. The van der Waals surface area contributed by atoms with Crippen molar-refractivity contribution in [3.8, 4) is 11.5 Å². The normalized spacial score (nSPS) is 13.4. The summed E-state index contributed by atoms with van der Waals surface area (Å²) in [5.41, 5.74) is 1.27. The van der Waals surface area contributed by atoms with Crippen LogP contribution in [0.25, 0.3) is 6.08 Å². The summed E-state index contributed by atoms with van der Waals surface area (Å²) < 4.78 is 11.0. The van der Waals surface area contributed by atoms with Gasteiger partial charge in [-0.25, -0.2) is 0 Å². The number of ketones is 1. The molecule has 112 valence electrons. The second kappa shape index (κ2) is 6.42. The minimum Gasteiger partial charge on any atom is -0.486 e. The van der Waals surface area contributed by atoms with E-state index in [1.54, 1.807) is 24.3 Å². The van der Waals surface area contributed by atoms with Crippen LogP contribution in [0.5, 0.6) is 11.5 Å². The van der Waals surface area contributed by atoms with E-state index in [0.717, 1.165) is 11.3 Å². The third-order valence-electron chi connectivity index (χ3n) is 3.19. The summed E-state index contributed by atoms with van der Waals surface area (Å²) in [6, 6.07) is 10.3.